The fraction of sp³-hybridized carbons (Fsp3) is 0.500. The normalized spacial score (nSPS) is 9.94. The molecule has 1 aromatic rings. The predicted molar refractivity (Wildman–Crippen MR) is 62.9 cm³/mol. The molecule has 0 aliphatic rings. The lowest BCUT2D eigenvalue weighted by Crippen LogP contribution is -2.53. The van der Waals surface area contributed by atoms with Crippen LogP contribution in [0.15, 0.2) is 12.1 Å². The van der Waals surface area contributed by atoms with Gasteiger partial charge in [0.2, 0.25) is 11.4 Å². The van der Waals surface area contributed by atoms with Gasteiger partial charge in [-0.1, -0.05) is 0 Å². The van der Waals surface area contributed by atoms with Gasteiger partial charge in [0, 0.05) is 32.2 Å². The average molecular weight is 239 g/mol. The van der Waals surface area contributed by atoms with Gasteiger partial charge in [-0.2, -0.15) is 4.84 Å². The van der Waals surface area contributed by atoms with E-state index in [0.29, 0.717) is 6.54 Å². The molecule has 5 nitrogen and oxygen atoms in total. The molecular weight excluding hydrogens is 220 g/mol. The second-order valence-corrected chi connectivity index (χ2v) is 3.84. The lowest BCUT2D eigenvalue weighted by Gasteiger charge is -2.11. The minimum atomic E-state index is -0.381. The predicted octanol–water partition coefficient (Wildman–Crippen LogP) is 1.10. The number of ether oxygens (including phenoxy) is 1. The van der Waals surface area contributed by atoms with Gasteiger partial charge in [0.15, 0.2) is 0 Å². The Balaban J connectivity index is 2.95. The van der Waals surface area contributed by atoms with Gasteiger partial charge < -0.3 is 9.64 Å². The number of pyridine rings is 1. The third-order valence-electron chi connectivity index (χ3n) is 2.53. The van der Waals surface area contributed by atoms with Crippen molar-refractivity contribution in [3.05, 3.63) is 23.5 Å². The molecule has 0 spiro atoms. The van der Waals surface area contributed by atoms with Gasteiger partial charge in [0.05, 0.1) is 19.2 Å². The summed E-state index contributed by atoms with van der Waals surface area (Å²) in [6, 6.07) is 3.62. The molecule has 0 aliphatic heterocycles. The molecule has 0 atom stereocenters. The minimum Gasteiger partial charge on any atom is -0.496 e. The first-order valence-electron chi connectivity index (χ1n) is 5.50. The zero-order valence-corrected chi connectivity index (χ0v) is 11.0. The molecular formula is C12H19N2O3+. The summed E-state index contributed by atoms with van der Waals surface area (Å²) >= 11 is 0. The van der Waals surface area contributed by atoms with E-state index in [1.807, 2.05) is 32.9 Å². The van der Waals surface area contributed by atoms with Crippen LogP contribution in [0.4, 0.5) is 4.79 Å². The van der Waals surface area contributed by atoms with E-state index in [4.69, 9.17) is 9.57 Å². The molecule has 17 heavy (non-hydrogen) atoms. The van der Waals surface area contributed by atoms with Gasteiger partial charge in [-0.15, -0.1) is 0 Å². The van der Waals surface area contributed by atoms with E-state index in [2.05, 4.69) is 0 Å². The third kappa shape index (κ3) is 3.09. The van der Waals surface area contributed by atoms with E-state index in [1.54, 1.807) is 14.2 Å². The van der Waals surface area contributed by atoms with Crippen molar-refractivity contribution in [2.75, 3.05) is 20.7 Å². The van der Waals surface area contributed by atoms with Crippen LogP contribution in [-0.2, 0) is 0 Å². The Morgan fingerprint density at radius 1 is 1.35 bits per heavy atom. The van der Waals surface area contributed by atoms with Crippen LogP contribution in [0.25, 0.3) is 0 Å². The topological polar surface area (TPSA) is 42.7 Å². The first kappa shape index (κ1) is 13.3. The quantitative estimate of drug-likeness (QED) is 0.742. The van der Waals surface area contributed by atoms with E-state index in [0.717, 1.165) is 17.1 Å². The number of nitrogens with zero attached hydrogens (tertiary/aromatic N) is 2. The molecule has 1 amide bonds. The summed E-state index contributed by atoms with van der Waals surface area (Å²) in [6.45, 7) is 6.21. The Hall–Kier alpha value is -1.78. The lowest BCUT2D eigenvalue weighted by atomic mass is 10.3. The maximum Gasteiger partial charge on any atom is 0.478 e. The number of methoxy groups -OCH3 is 1. The largest absolute Gasteiger partial charge is 0.496 e. The van der Waals surface area contributed by atoms with Crippen LogP contribution in [0.1, 0.15) is 18.3 Å². The van der Waals surface area contributed by atoms with Crippen molar-refractivity contribution in [3.8, 4) is 5.75 Å². The zero-order chi connectivity index (χ0) is 13.0. The van der Waals surface area contributed by atoms with E-state index < -0.39 is 0 Å². The Labute approximate surface area is 102 Å². The molecule has 1 aromatic heterocycles. The van der Waals surface area contributed by atoms with Crippen LogP contribution in [0.3, 0.4) is 0 Å². The fourth-order valence-electron chi connectivity index (χ4n) is 1.39. The van der Waals surface area contributed by atoms with E-state index in [9.17, 15) is 4.79 Å². The highest BCUT2D eigenvalue weighted by molar-refractivity contribution is 5.66. The van der Waals surface area contributed by atoms with Gasteiger partial charge in [-0.05, 0) is 6.92 Å². The highest BCUT2D eigenvalue weighted by Crippen LogP contribution is 2.10. The summed E-state index contributed by atoms with van der Waals surface area (Å²) in [5.41, 5.74) is 1.61. The lowest BCUT2D eigenvalue weighted by molar-refractivity contribution is -0.877. The standard InChI is InChI=1S/C12H19N2O3/c1-6-13(4)12(15)17-14-9(2)7-11(16-5)8-10(14)3/h7-8H,6H2,1-5H3/q+1. The van der Waals surface area contributed by atoms with E-state index >= 15 is 0 Å². The number of amides is 1. The number of hydrogen-bond donors (Lipinski definition) is 0. The van der Waals surface area contributed by atoms with E-state index in [1.165, 1.54) is 9.63 Å². The Kier molecular flexibility index (Phi) is 4.31. The molecule has 0 aromatic carbocycles. The van der Waals surface area contributed by atoms with Crippen molar-refractivity contribution in [1.82, 2.24) is 4.90 Å². The summed E-state index contributed by atoms with van der Waals surface area (Å²) in [7, 11) is 3.30. The average Bonchev–Trinajstić information content (AvgIpc) is 2.31. The van der Waals surface area contributed by atoms with Gasteiger partial charge in [0.25, 0.3) is 0 Å². The number of aryl methyl sites for hydroxylation is 2. The maximum absolute atomic E-state index is 11.7. The van der Waals surface area contributed by atoms with Crippen LogP contribution in [-0.4, -0.2) is 31.7 Å². The van der Waals surface area contributed by atoms with Crippen molar-refractivity contribution in [1.29, 1.82) is 0 Å². The summed E-state index contributed by atoms with van der Waals surface area (Å²) in [4.78, 5) is 18.4. The van der Waals surface area contributed by atoms with Crippen molar-refractivity contribution in [3.63, 3.8) is 0 Å². The molecule has 94 valence electrons. The van der Waals surface area contributed by atoms with Crippen LogP contribution in [0.5, 0.6) is 5.75 Å². The Morgan fingerprint density at radius 2 is 1.88 bits per heavy atom. The molecule has 0 N–H and O–H groups in total. The maximum atomic E-state index is 11.7. The van der Waals surface area contributed by atoms with Crippen molar-refractivity contribution in [2.45, 2.75) is 20.8 Å². The SMILES string of the molecule is CCN(C)C(=O)O[n+]1c(C)cc(OC)cc1C. The van der Waals surface area contributed by atoms with Crippen molar-refractivity contribution < 1.29 is 19.1 Å². The summed E-state index contributed by atoms with van der Waals surface area (Å²) in [5, 5.41) is 0. The van der Waals surface area contributed by atoms with Crippen LogP contribution >= 0.6 is 0 Å². The Bertz CT molecular complexity index is 395. The number of carbonyl (C=O) groups is 1. The second-order valence-electron chi connectivity index (χ2n) is 3.84. The smallest absolute Gasteiger partial charge is 0.478 e. The third-order valence-corrected chi connectivity index (χ3v) is 2.53. The van der Waals surface area contributed by atoms with Crippen LogP contribution in [0.2, 0.25) is 0 Å². The van der Waals surface area contributed by atoms with Gasteiger partial charge >= 0.3 is 6.09 Å². The minimum absolute atomic E-state index is 0.381. The summed E-state index contributed by atoms with van der Waals surface area (Å²) in [5.74, 6) is 0.746. The van der Waals surface area contributed by atoms with Gasteiger partial charge in [-0.3, -0.25) is 0 Å². The molecule has 1 heterocycles. The first-order chi connectivity index (χ1) is 7.99. The highest BCUT2D eigenvalue weighted by atomic mass is 16.7. The monoisotopic (exact) mass is 239 g/mol. The fourth-order valence-corrected chi connectivity index (χ4v) is 1.39. The molecule has 1 rings (SSSR count). The molecule has 0 fully saturated rings. The number of rotatable bonds is 3. The molecule has 5 heteroatoms. The molecule has 0 bridgehead atoms. The molecule has 0 aliphatic carbocycles. The molecule has 0 radical (unpaired) electrons. The highest BCUT2D eigenvalue weighted by Gasteiger charge is 2.21. The van der Waals surface area contributed by atoms with Crippen LogP contribution in [0, 0.1) is 13.8 Å². The number of hydrogen-bond acceptors (Lipinski definition) is 3. The number of aromatic nitrogens is 1. The second kappa shape index (κ2) is 5.52. The van der Waals surface area contributed by atoms with Crippen LogP contribution < -0.4 is 14.3 Å². The van der Waals surface area contributed by atoms with E-state index in [-0.39, 0.29) is 6.09 Å². The summed E-state index contributed by atoms with van der Waals surface area (Å²) < 4.78 is 6.64. The van der Waals surface area contributed by atoms with Gasteiger partial charge in [-0.25, -0.2) is 4.79 Å². The van der Waals surface area contributed by atoms with Crippen molar-refractivity contribution >= 4 is 6.09 Å². The zero-order valence-electron chi connectivity index (χ0n) is 11.0. The molecule has 0 unspecified atom stereocenters. The van der Waals surface area contributed by atoms with Crippen molar-refractivity contribution in [2.24, 2.45) is 0 Å². The summed E-state index contributed by atoms with van der Waals surface area (Å²) in [6.07, 6.45) is -0.381. The molecule has 0 saturated carbocycles. The first-order valence-corrected chi connectivity index (χ1v) is 5.50. The van der Waals surface area contributed by atoms with Gasteiger partial charge in [0.1, 0.15) is 5.75 Å². The Morgan fingerprint density at radius 3 is 2.29 bits per heavy atom. The molecule has 0 saturated heterocycles. The number of carbonyl (C=O) groups excluding carboxylic acids is 1.